The Balaban J connectivity index is 2.30. The molecule has 1 N–H and O–H groups in total. The highest BCUT2D eigenvalue weighted by atomic mass is 35.5. The number of alkyl halides is 3. The highest BCUT2D eigenvalue weighted by Gasteiger charge is 2.34. The van der Waals surface area contributed by atoms with E-state index >= 15 is 0 Å². The molecule has 2 rings (SSSR count). The third-order valence-corrected chi connectivity index (χ3v) is 3.90. The predicted molar refractivity (Wildman–Crippen MR) is 105 cm³/mol. The van der Waals surface area contributed by atoms with Crippen molar-refractivity contribution < 1.29 is 22.8 Å². The number of oxime groups is 1. The highest BCUT2D eigenvalue weighted by Crippen LogP contribution is 2.31. The fourth-order valence-corrected chi connectivity index (χ4v) is 2.65. The maximum absolute atomic E-state index is 13.2. The summed E-state index contributed by atoms with van der Waals surface area (Å²) in [5.74, 6) is -0.925. The van der Waals surface area contributed by atoms with E-state index in [4.69, 9.17) is 28.0 Å². The number of aromatic nitrogens is 1. The average molecular weight is 448 g/mol. The van der Waals surface area contributed by atoms with Gasteiger partial charge in [-0.05, 0) is 39.0 Å². The van der Waals surface area contributed by atoms with Crippen LogP contribution in [0.2, 0.25) is 10.0 Å². The van der Waals surface area contributed by atoms with Gasteiger partial charge in [-0.2, -0.15) is 13.2 Å². The molecule has 0 fully saturated rings. The normalized spacial score (nSPS) is 12.6. The summed E-state index contributed by atoms with van der Waals surface area (Å²) in [6, 6.07) is 5.91. The van der Waals surface area contributed by atoms with E-state index in [1.165, 1.54) is 24.4 Å². The van der Waals surface area contributed by atoms with Gasteiger partial charge in [0.2, 0.25) is 0 Å². The van der Waals surface area contributed by atoms with Crippen molar-refractivity contribution in [3.05, 3.63) is 63.4 Å². The minimum Gasteiger partial charge on any atom is -0.390 e. The van der Waals surface area contributed by atoms with Crippen LogP contribution in [0.15, 0.2) is 41.7 Å². The zero-order chi connectivity index (χ0) is 21.8. The Morgan fingerprint density at radius 2 is 1.86 bits per heavy atom. The van der Waals surface area contributed by atoms with Crippen molar-refractivity contribution in [3.8, 4) is 0 Å². The van der Waals surface area contributed by atoms with Gasteiger partial charge in [0.25, 0.3) is 5.91 Å². The van der Waals surface area contributed by atoms with E-state index in [2.05, 4.69) is 15.5 Å². The summed E-state index contributed by atoms with van der Waals surface area (Å²) in [6.07, 6.45) is -3.34. The fraction of sp³-hybridized carbons (Fsp3) is 0.316. The Morgan fingerprint density at radius 3 is 2.45 bits per heavy atom. The summed E-state index contributed by atoms with van der Waals surface area (Å²) in [6.45, 7) is 4.99. The first-order valence-corrected chi connectivity index (χ1v) is 9.15. The van der Waals surface area contributed by atoms with Crippen LogP contribution in [0.1, 0.15) is 42.4 Å². The van der Waals surface area contributed by atoms with E-state index < -0.39 is 28.8 Å². The monoisotopic (exact) mass is 447 g/mol. The maximum Gasteiger partial charge on any atom is 0.417 e. The van der Waals surface area contributed by atoms with Gasteiger partial charge in [-0.1, -0.05) is 40.5 Å². The van der Waals surface area contributed by atoms with E-state index in [-0.39, 0.29) is 28.0 Å². The summed E-state index contributed by atoms with van der Waals surface area (Å²) in [5.41, 5.74) is -1.89. The molecule has 0 saturated carbocycles. The van der Waals surface area contributed by atoms with Crippen molar-refractivity contribution in [2.45, 2.75) is 32.5 Å². The van der Waals surface area contributed by atoms with Crippen LogP contribution in [0.3, 0.4) is 0 Å². The number of benzene rings is 1. The van der Waals surface area contributed by atoms with Crippen LogP contribution in [0.25, 0.3) is 0 Å². The Bertz CT molecular complexity index is 926. The number of rotatable bonds is 5. The Labute approximate surface area is 175 Å². The van der Waals surface area contributed by atoms with E-state index in [1.807, 2.05) is 0 Å². The zero-order valence-electron chi connectivity index (χ0n) is 15.8. The van der Waals surface area contributed by atoms with Crippen LogP contribution in [-0.2, 0) is 11.0 Å². The van der Waals surface area contributed by atoms with Crippen molar-refractivity contribution in [3.63, 3.8) is 0 Å². The molecular weight excluding hydrogens is 430 g/mol. The number of hydrogen-bond acceptors (Lipinski definition) is 4. The second kappa shape index (κ2) is 9.00. The Hall–Kier alpha value is -2.32. The molecule has 156 valence electrons. The van der Waals surface area contributed by atoms with Crippen LogP contribution in [0, 0.1) is 0 Å². The molecule has 29 heavy (non-hydrogen) atoms. The number of nitrogens with zero attached hydrogens (tertiary/aromatic N) is 2. The second-order valence-corrected chi connectivity index (χ2v) is 7.80. The molecule has 0 spiro atoms. The van der Waals surface area contributed by atoms with Crippen molar-refractivity contribution in [2.75, 3.05) is 6.54 Å². The molecule has 0 unspecified atom stereocenters. The zero-order valence-corrected chi connectivity index (χ0v) is 17.3. The standard InChI is InChI=1S/C19H18Cl2F3N3O2/c1-18(2,3)29-27-15(16-14(21)8-11(20)9-25-16)10-26-17(28)12-6-4-5-7-13(12)19(22,23)24/h4-9H,10H2,1-3H3,(H,26,28)/b27-15+. The molecule has 0 bridgehead atoms. The number of halogens is 5. The quantitative estimate of drug-likeness (QED) is 0.495. The Morgan fingerprint density at radius 1 is 1.21 bits per heavy atom. The number of amides is 1. The van der Waals surface area contributed by atoms with Crippen molar-refractivity contribution in [1.82, 2.24) is 10.3 Å². The fourth-order valence-electron chi connectivity index (χ4n) is 2.17. The van der Waals surface area contributed by atoms with Gasteiger partial charge < -0.3 is 10.2 Å². The van der Waals surface area contributed by atoms with E-state index in [1.54, 1.807) is 20.8 Å². The summed E-state index contributed by atoms with van der Waals surface area (Å²) in [4.78, 5) is 21.9. The van der Waals surface area contributed by atoms with Gasteiger partial charge in [-0.25, -0.2) is 0 Å². The topological polar surface area (TPSA) is 63.6 Å². The van der Waals surface area contributed by atoms with Gasteiger partial charge >= 0.3 is 6.18 Å². The molecule has 2 aromatic rings. The first kappa shape index (κ1) is 23.0. The number of nitrogens with one attached hydrogen (secondary N) is 1. The number of pyridine rings is 1. The number of hydrogen-bond donors (Lipinski definition) is 1. The molecule has 1 amide bonds. The summed E-state index contributed by atoms with van der Waals surface area (Å²) < 4.78 is 39.5. The lowest BCUT2D eigenvalue weighted by molar-refractivity contribution is -0.137. The number of carbonyl (C=O) groups excluding carboxylic acids is 1. The predicted octanol–water partition coefficient (Wildman–Crippen LogP) is 5.36. The SMILES string of the molecule is CC(C)(C)O/N=C(\CNC(=O)c1ccccc1C(F)(F)F)c1ncc(Cl)cc1Cl. The molecule has 1 heterocycles. The van der Waals surface area contributed by atoms with Gasteiger partial charge in [0, 0.05) is 6.20 Å². The molecule has 0 saturated heterocycles. The van der Waals surface area contributed by atoms with Crippen LogP contribution in [0.5, 0.6) is 0 Å². The molecule has 0 aliphatic rings. The lowest BCUT2D eigenvalue weighted by Gasteiger charge is -2.18. The minimum atomic E-state index is -4.67. The molecule has 5 nitrogen and oxygen atoms in total. The van der Waals surface area contributed by atoms with E-state index in [0.717, 1.165) is 12.1 Å². The second-order valence-electron chi connectivity index (χ2n) is 6.95. The van der Waals surface area contributed by atoms with Crippen molar-refractivity contribution >= 4 is 34.8 Å². The molecule has 0 aliphatic carbocycles. The van der Waals surface area contributed by atoms with Crippen LogP contribution < -0.4 is 5.32 Å². The molecule has 1 aromatic carbocycles. The molecule has 0 aliphatic heterocycles. The van der Waals surface area contributed by atoms with Crippen LogP contribution in [-0.4, -0.2) is 28.7 Å². The third-order valence-electron chi connectivity index (χ3n) is 3.40. The summed E-state index contributed by atoms with van der Waals surface area (Å²) in [7, 11) is 0. The van der Waals surface area contributed by atoms with Gasteiger partial charge in [0.15, 0.2) is 0 Å². The minimum absolute atomic E-state index is 0.124. The smallest absolute Gasteiger partial charge is 0.390 e. The Kier molecular flexibility index (Phi) is 7.13. The van der Waals surface area contributed by atoms with Gasteiger partial charge in [0.05, 0.1) is 27.7 Å². The molecule has 1 aromatic heterocycles. The lowest BCUT2D eigenvalue weighted by Crippen LogP contribution is -2.32. The largest absolute Gasteiger partial charge is 0.417 e. The van der Waals surface area contributed by atoms with Crippen LogP contribution >= 0.6 is 23.2 Å². The number of carbonyl (C=O) groups is 1. The molecular formula is C19H18Cl2F3N3O2. The first-order valence-electron chi connectivity index (χ1n) is 8.39. The van der Waals surface area contributed by atoms with Gasteiger partial charge in [-0.3, -0.25) is 9.78 Å². The highest BCUT2D eigenvalue weighted by molar-refractivity contribution is 6.36. The van der Waals surface area contributed by atoms with Crippen molar-refractivity contribution in [2.24, 2.45) is 5.16 Å². The van der Waals surface area contributed by atoms with E-state index in [9.17, 15) is 18.0 Å². The van der Waals surface area contributed by atoms with Gasteiger partial charge in [0.1, 0.15) is 17.0 Å². The average Bonchev–Trinajstić information content (AvgIpc) is 2.61. The molecule has 0 atom stereocenters. The van der Waals surface area contributed by atoms with Gasteiger partial charge in [-0.15, -0.1) is 0 Å². The summed E-state index contributed by atoms with van der Waals surface area (Å²) >= 11 is 12.0. The lowest BCUT2D eigenvalue weighted by atomic mass is 10.1. The van der Waals surface area contributed by atoms with Crippen molar-refractivity contribution in [1.29, 1.82) is 0 Å². The van der Waals surface area contributed by atoms with Crippen LogP contribution in [0.4, 0.5) is 13.2 Å². The maximum atomic E-state index is 13.2. The van der Waals surface area contributed by atoms with E-state index in [0.29, 0.717) is 0 Å². The third kappa shape index (κ3) is 6.61. The molecule has 0 radical (unpaired) electrons. The molecule has 10 heteroatoms. The summed E-state index contributed by atoms with van der Waals surface area (Å²) in [5, 5.41) is 6.83. The first-order chi connectivity index (χ1) is 13.4.